The molecule has 1 unspecified atom stereocenters. The topological polar surface area (TPSA) is 49.3 Å². The fourth-order valence-electron chi connectivity index (χ4n) is 1.70. The van der Waals surface area contributed by atoms with Gasteiger partial charge in [0.05, 0.1) is 0 Å². The van der Waals surface area contributed by atoms with Crippen LogP contribution in [0.3, 0.4) is 0 Å². The zero-order valence-corrected chi connectivity index (χ0v) is 5.05. The summed E-state index contributed by atoms with van der Waals surface area (Å²) in [4.78, 5) is 10.5. The molecule has 0 spiro atoms. The lowest BCUT2D eigenvalue weighted by molar-refractivity contribution is -0.140. The van der Waals surface area contributed by atoms with Gasteiger partial charge in [0, 0.05) is 0 Å². The Balaban J connectivity index is 2.19. The molecule has 1 saturated heterocycles. The third kappa shape index (κ3) is 0.477. The second-order valence-corrected chi connectivity index (χ2v) is 2.89. The van der Waals surface area contributed by atoms with Crippen molar-refractivity contribution in [1.82, 2.24) is 5.32 Å². The van der Waals surface area contributed by atoms with Gasteiger partial charge in [-0.25, -0.2) is 0 Å². The van der Waals surface area contributed by atoms with Crippen molar-refractivity contribution in [3.63, 3.8) is 0 Å². The quantitative estimate of drug-likeness (QED) is 0.514. The van der Waals surface area contributed by atoms with E-state index in [1.165, 1.54) is 0 Å². The molecule has 2 atom stereocenters. The van der Waals surface area contributed by atoms with Gasteiger partial charge >= 0.3 is 5.97 Å². The third-order valence-electron chi connectivity index (χ3n) is 2.42. The largest absolute Gasteiger partial charge is 0.480 e. The Labute approximate surface area is 53.1 Å². The molecule has 2 aliphatic rings. The van der Waals surface area contributed by atoms with E-state index in [4.69, 9.17) is 5.11 Å². The summed E-state index contributed by atoms with van der Waals surface area (Å²) >= 11 is 0. The van der Waals surface area contributed by atoms with Gasteiger partial charge in [-0.2, -0.15) is 0 Å². The van der Waals surface area contributed by atoms with Gasteiger partial charge in [0.15, 0.2) is 0 Å². The van der Waals surface area contributed by atoms with E-state index in [0.717, 1.165) is 19.4 Å². The van der Waals surface area contributed by atoms with E-state index in [1.54, 1.807) is 0 Å². The van der Waals surface area contributed by atoms with Gasteiger partial charge in [-0.1, -0.05) is 0 Å². The van der Waals surface area contributed by atoms with Crippen LogP contribution in [0.25, 0.3) is 0 Å². The van der Waals surface area contributed by atoms with Crippen molar-refractivity contribution in [1.29, 1.82) is 0 Å². The van der Waals surface area contributed by atoms with E-state index in [1.807, 2.05) is 0 Å². The summed E-state index contributed by atoms with van der Waals surface area (Å²) < 4.78 is 0. The van der Waals surface area contributed by atoms with Crippen LogP contribution in [0.4, 0.5) is 0 Å². The summed E-state index contributed by atoms with van der Waals surface area (Å²) in [5.41, 5.74) is -0.472. The fourth-order valence-corrected chi connectivity index (χ4v) is 1.70. The molecule has 2 rings (SSSR count). The summed E-state index contributed by atoms with van der Waals surface area (Å²) in [5.74, 6) is -0.222. The predicted octanol–water partition coefficient (Wildman–Crippen LogP) is -0.177. The number of carboxylic acids is 1. The van der Waals surface area contributed by atoms with Crippen molar-refractivity contribution in [2.24, 2.45) is 5.92 Å². The molecule has 1 heterocycles. The molecule has 3 heteroatoms. The van der Waals surface area contributed by atoms with Crippen molar-refractivity contribution in [3.05, 3.63) is 0 Å². The maximum atomic E-state index is 10.5. The maximum absolute atomic E-state index is 10.5. The van der Waals surface area contributed by atoms with Crippen molar-refractivity contribution in [3.8, 4) is 0 Å². The van der Waals surface area contributed by atoms with Crippen molar-refractivity contribution in [2.45, 2.75) is 18.4 Å². The lowest BCUT2D eigenvalue weighted by Crippen LogP contribution is -2.36. The first-order chi connectivity index (χ1) is 4.26. The molecule has 1 saturated carbocycles. The first-order valence-electron chi connectivity index (χ1n) is 3.24. The van der Waals surface area contributed by atoms with Crippen LogP contribution in [-0.2, 0) is 4.79 Å². The molecule has 0 aromatic carbocycles. The molecule has 0 bridgehead atoms. The normalized spacial score (nSPS) is 46.4. The minimum atomic E-state index is -0.662. The monoisotopic (exact) mass is 127 g/mol. The van der Waals surface area contributed by atoms with E-state index in [2.05, 4.69) is 5.32 Å². The lowest BCUT2D eigenvalue weighted by atomic mass is 10.2. The molecule has 50 valence electrons. The Morgan fingerprint density at radius 1 is 1.78 bits per heavy atom. The first kappa shape index (κ1) is 5.23. The highest BCUT2D eigenvalue weighted by atomic mass is 16.4. The summed E-state index contributed by atoms with van der Waals surface area (Å²) in [5, 5.41) is 11.7. The number of carboxylic acid groups (broad SMARTS) is 1. The Morgan fingerprint density at radius 2 is 2.56 bits per heavy atom. The highest BCUT2D eigenvalue weighted by Crippen LogP contribution is 2.49. The molecule has 3 nitrogen and oxygen atoms in total. The average Bonchev–Trinajstić information content (AvgIpc) is 2.38. The molecular formula is C6H9NO2. The number of rotatable bonds is 1. The summed E-state index contributed by atoms with van der Waals surface area (Å²) in [6.45, 7) is 0.886. The number of piperidine rings is 1. The summed E-state index contributed by atoms with van der Waals surface area (Å²) in [6, 6.07) is 0. The fraction of sp³-hybridized carbons (Fsp3) is 0.833. The van der Waals surface area contributed by atoms with Crippen LogP contribution in [0.15, 0.2) is 0 Å². The zero-order valence-electron chi connectivity index (χ0n) is 5.05. The summed E-state index contributed by atoms with van der Waals surface area (Å²) in [6.07, 6.45) is 1.90. The van der Waals surface area contributed by atoms with Crippen LogP contribution in [0.1, 0.15) is 12.8 Å². The van der Waals surface area contributed by atoms with E-state index in [-0.39, 0.29) is 0 Å². The van der Waals surface area contributed by atoms with Crippen LogP contribution in [0, 0.1) is 5.92 Å². The van der Waals surface area contributed by atoms with E-state index in [9.17, 15) is 4.79 Å². The van der Waals surface area contributed by atoms with Gasteiger partial charge in [0.2, 0.25) is 0 Å². The zero-order chi connectivity index (χ0) is 6.48. The van der Waals surface area contributed by atoms with E-state index in [0.29, 0.717) is 5.92 Å². The molecule has 2 fully saturated rings. The van der Waals surface area contributed by atoms with Crippen molar-refractivity contribution < 1.29 is 9.90 Å². The molecule has 0 aromatic rings. The van der Waals surface area contributed by atoms with Crippen molar-refractivity contribution >= 4 is 5.97 Å². The van der Waals surface area contributed by atoms with Gasteiger partial charge in [0.1, 0.15) is 5.54 Å². The highest BCUT2D eigenvalue weighted by molar-refractivity contribution is 5.83. The third-order valence-corrected chi connectivity index (χ3v) is 2.42. The molecule has 0 aromatic heterocycles. The first-order valence-corrected chi connectivity index (χ1v) is 3.24. The summed E-state index contributed by atoms with van der Waals surface area (Å²) in [7, 11) is 0. The number of hydrogen-bond donors (Lipinski definition) is 2. The van der Waals surface area contributed by atoms with Gasteiger partial charge in [0.25, 0.3) is 0 Å². The molecule has 9 heavy (non-hydrogen) atoms. The molecule has 0 amide bonds. The SMILES string of the molecule is O=C(O)C12C[C@@H]1CCN2. The van der Waals surface area contributed by atoms with Crippen LogP contribution in [0.5, 0.6) is 0 Å². The highest BCUT2D eigenvalue weighted by Gasteiger charge is 2.62. The number of aliphatic carboxylic acids is 1. The second kappa shape index (κ2) is 1.29. The molecular weight excluding hydrogens is 118 g/mol. The van der Waals surface area contributed by atoms with E-state index >= 15 is 0 Å². The molecule has 0 radical (unpaired) electrons. The maximum Gasteiger partial charge on any atom is 0.324 e. The Bertz CT molecular complexity index is 168. The smallest absolute Gasteiger partial charge is 0.324 e. The Morgan fingerprint density at radius 3 is 2.78 bits per heavy atom. The van der Waals surface area contributed by atoms with Crippen LogP contribution >= 0.6 is 0 Å². The molecule has 2 N–H and O–H groups in total. The van der Waals surface area contributed by atoms with Crippen LogP contribution < -0.4 is 5.32 Å². The number of nitrogens with one attached hydrogen (secondary N) is 1. The van der Waals surface area contributed by atoms with Crippen molar-refractivity contribution in [2.75, 3.05) is 6.54 Å². The Hall–Kier alpha value is -0.570. The van der Waals surface area contributed by atoms with Gasteiger partial charge in [-0.3, -0.25) is 4.79 Å². The van der Waals surface area contributed by atoms with Crippen LogP contribution in [-0.4, -0.2) is 23.2 Å². The minimum Gasteiger partial charge on any atom is -0.480 e. The van der Waals surface area contributed by atoms with Crippen LogP contribution in [0.2, 0.25) is 0 Å². The number of carbonyl (C=O) groups is 1. The van der Waals surface area contributed by atoms with E-state index < -0.39 is 11.5 Å². The average molecular weight is 127 g/mol. The predicted molar refractivity (Wildman–Crippen MR) is 31.1 cm³/mol. The van der Waals surface area contributed by atoms with Gasteiger partial charge in [-0.15, -0.1) is 0 Å². The Kier molecular flexibility index (Phi) is 0.750. The van der Waals surface area contributed by atoms with Gasteiger partial charge in [-0.05, 0) is 25.3 Å². The number of hydrogen-bond acceptors (Lipinski definition) is 2. The standard InChI is InChI=1S/C6H9NO2/c8-5(9)6-3-4(6)1-2-7-6/h4,7H,1-3H2,(H,8,9)/t4-,6?/m0/s1. The number of fused-ring (bicyclic) bond motifs is 1. The molecule has 1 aliphatic carbocycles. The second-order valence-electron chi connectivity index (χ2n) is 2.89. The van der Waals surface area contributed by atoms with Gasteiger partial charge < -0.3 is 10.4 Å². The minimum absolute atomic E-state index is 0.440. The lowest BCUT2D eigenvalue weighted by Gasteiger charge is -2.04. The molecule has 1 aliphatic heterocycles.